The fraction of sp³-hybridized carbons (Fsp3) is 0.333. The quantitative estimate of drug-likeness (QED) is 0.710. The molecule has 146 valence electrons. The molecule has 0 aliphatic carbocycles. The van der Waals surface area contributed by atoms with Crippen molar-refractivity contribution in [2.75, 3.05) is 38.2 Å². The molecule has 1 aromatic carbocycles. The smallest absolute Gasteiger partial charge is 0.319 e. The Bertz CT molecular complexity index is 935. The van der Waals surface area contributed by atoms with Gasteiger partial charge in [-0.3, -0.25) is 9.88 Å². The SMILES string of the molecule is Cc1cc2cc(NC(=O)NC[C@H](c3cccnc3)N3CCOCC3)ccc2o1. The largest absolute Gasteiger partial charge is 0.461 e. The van der Waals surface area contributed by atoms with Crippen molar-refractivity contribution in [3.63, 3.8) is 0 Å². The molecule has 7 nitrogen and oxygen atoms in total. The number of carbonyl (C=O) groups is 1. The lowest BCUT2D eigenvalue weighted by atomic mass is 10.1. The Kier molecular flexibility index (Phi) is 5.55. The van der Waals surface area contributed by atoms with Gasteiger partial charge in [-0.05, 0) is 42.8 Å². The Morgan fingerprint density at radius 2 is 2.11 bits per heavy atom. The zero-order chi connectivity index (χ0) is 19.3. The highest BCUT2D eigenvalue weighted by atomic mass is 16.5. The molecule has 1 aliphatic heterocycles. The number of anilines is 1. The number of pyridine rings is 1. The van der Waals surface area contributed by atoms with Gasteiger partial charge in [-0.15, -0.1) is 0 Å². The summed E-state index contributed by atoms with van der Waals surface area (Å²) < 4.78 is 11.0. The van der Waals surface area contributed by atoms with E-state index in [1.54, 1.807) is 6.20 Å². The summed E-state index contributed by atoms with van der Waals surface area (Å²) in [7, 11) is 0. The monoisotopic (exact) mass is 380 g/mol. The van der Waals surface area contributed by atoms with Gasteiger partial charge in [-0.1, -0.05) is 6.07 Å². The third-order valence-corrected chi connectivity index (χ3v) is 4.91. The normalized spacial score (nSPS) is 16.0. The molecule has 0 radical (unpaired) electrons. The lowest BCUT2D eigenvalue weighted by molar-refractivity contribution is 0.0167. The van der Waals surface area contributed by atoms with E-state index in [9.17, 15) is 4.79 Å². The minimum Gasteiger partial charge on any atom is -0.461 e. The van der Waals surface area contributed by atoms with Crippen LogP contribution in [-0.4, -0.2) is 48.8 Å². The maximum absolute atomic E-state index is 12.5. The van der Waals surface area contributed by atoms with Crippen molar-refractivity contribution in [1.82, 2.24) is 15.2 Å². The zero-order valence-corrected chi connectivity index (χ0v) is 15.9. The average molecular weight is 380 g/mol. The molecule has 1 saturated heterocycles. The fourth-order valence-corrected chi connectivity index (χ4v) is 3.54. The van der Waals surface area contributed by atoms with E-state index in [1.165, 1.54) is 0 Å². The molecule has 1 aliphatic rings. The second-order valence-corrected chi connectivity index (χ2v) is 6.90. The van der Waals surface area contributed by atoms with Crippen LogP contribution in [0.1, 0.15) is 17.4 Å². The second-order valence-electron chi connectivity index (χ2n) is 6.90. The van der Waals surface area contributed by atoms with Crippen LogP contribution in [0.4, 0.5) is 10.5 Å². The van der Waals surface area contributed by atoms with Crippen LogP contribution >= 0.6 is 0 Å². The number of aryl methyl sites for hydroxylation is 1. The molecule has 0 unspecified atom stereocenters. The molecule has 1 fully saturated rings. The standard InChI is InChI=1S/C21H24N4O3/c1-15-11-17-12-18(4-5-20(17)28-15)24-21(26)23-14-19(16-3-2-6-22-13-16)25-7-9-27-10-8-25/h2-6,11-13,19H,7-10,14H2,1H3,(H2,23,24,26)/t19-/m1/s1. The van der Waals surface area contributed by atoms with E-state index >= 15 is 0 Å². The predicted molar refractivity (Wildman–Crippen MR) is 107 cm³/mol. The van der Waals surface area contributed by atoms with Crippen molar-refractivity contribution in [1.29, 1.82) is 0 Å². The van der Waals surface area contributed by atoms with Gasteiger partial charge in [0.05, 0.1) is 19.3 Å². The van der Waals surface area contributed by atoms with Crippen LogP contribution in [0.25, 0.3) is 11.0 Å². The van der Waals surface area contributed by atoms with E-state index in [4.69, 9.17) is 9.15 Å². The highest BCUT2D eigenvalue weighted by Crippen LogP contribution is 2.23. The summed E-state index contributed by atoms with van der Waals surface area (Å²) >= 11 is 0. The van der Waals surface area contributed by atoms with E-state index in [2.05, 4.69) is 20.5 Å². The first-order valence-electron chi connectivity index (χ1n) is 9.46. The first-order valence-corrected chi connectivity index (χ1v) is 9.46. The first kappa shape index (κ1) is 18.5. The van der Waals surface area contributed by atoms with Crippen molar-refractivity contribution in [2.45, 2.75) is 13.0 Å². The molecule has 0 bridgehead atoms. The number of nitrogens with one attached hydrogen (secondary N) is 2. The molecule has 3 heterocycles. The maximum atomic E-state index is 12.5. The van der Waals surface area contributed by atoms with E-state index in [0.717, 1.165) is 41.1 Å². The average Bonchev–Trinajstić information content (AvgIpc) is 3.09. The zero-order valence-electron chi connectivity index (χ0n) is 15.9. The topological polar surface area (TPSA) is 79.6 Å². The number of benzene rings is 1. The molecule has 2 N–H and O–H groups in total. The molecule has 0 saturated carbocycles. The Labute approximate surface area is 163 Å². The molecule has 1 atom stereocenters. The number of furan rings is 1. The summed E-state index contributed by atoms with van der Waals surface area (Å²) in [5.74, 6) is 0.849. The number of carbonyl (C=O) groups excluding carboxylic acids is 1. The second kappa shape index (κ2) is 8.41. The Balaban J connectivity index is 1.41. The minimum absolute atomic E-state index is 0.0577. The van der Waals surface area contributed by atoms with Crippen LogP contribution in [0.3, 0.4) is 0 Å². The van der Waals surface area contributed by atoms with Crippen LogP contribution < -0.4 is 10.6 Å². The molecule has 4 rings (SSSR count). The molecular weight excluding hydrogens is 356 g/mol. The van der Waals surface area contributed by atoms with E-state index < -0.39 is 0 Å². The van der Waals surface area contributed by atoms with Gasteiger partial charge >= 0.3 is 6.03 Å². The van der Waals surface area contributed by atoms with Gasteiger partial charge in [-0.2, -0.15) is 0 Å². The number of rotatable bonds is 5. The van der Waals surface area contributed by atoms with Crippen LogP contribution in [0, 0.1) is 6.92 Å². The third kappa shape index (κ3) is 4.32. The van der Waals surface area contributed by atoms with Gasteiger partial charge in [0.25, 0.3) is 0 Å². The van der Waals surface area contributed by atoms with E-state index in [1.807, 2.05) is 49.5 Å². The molecule has 3 aromatic rings. The molecular formula is C21H24N4O3. The van der Waals surface area contributed by atoms with Crippen molar-refractivity contribution in [3.8, 4) is 0 Å². The lowest BCUT2D eigenvalue weighted by Crippen LogP contribution is -2.44. The summed E-state index contributed by atoms with van der Waals surface area (Å²) in [6, 6.07) is 11.4. The predicted octanol–water partition coefficient (Wildman–Crippen LogP) is 3.33. The van der Waals surface area contributed by atoms with Gasteiger partial charge in [0.15, 0.2) is 0 Å². The number of hydrogen-bond donors (Lipinski definition) is 2. The van der Waals surface area contributed by atoms with Crippen molar-refractivity contribution >= 4 is 22.7 Å². The number of urea groups is 1. The lowest BCUT2D eigenvalue weighted by Gasteiger charge is -2.34. The number of ether oxygens (including phenoxy) is 1. The fourth-order valence-electron chi connectivity index (χ4n) is 3.54. The Morgan fingerprint density at radius 1 is 1.25 bits per heavy atom. The first-order chi connectivity index (χ1) is 13.7. The van der Waals surface area contributed by atoms with Gasteiger partial charge < -0.3 is 19.8 Å². The summed E-state index contributed by atoms with van der Waals surface area (Å²) in [6.45, 7) is 5.47. The number of nitrogens with zero attached hydrogens (tertiary/aromatic N) is 2. The van der Waals surface area contributed by atoms with E-state index in [0.29, 0.717) is 19.8 Å². The van der Waals surface area contributed by atoms with Gasteiger partial charge in [0.2, 0.25) is 0 Å². The Hall–Kier alpha value is -2.90. The number of aromatic nitrogens is 1. The highest BCUT2D eigenvalue weighted by molar-refractivity contribution is 5.92. The van der Waals surface area contributed by atoms with Crippen molar-refractivity contribution in [2.24, 2.45) is 0 Å². The Morgan fingerprint density at radius 3 is 2.89 bits per heavy atom. The van der Waals surface area contributed by atoms with Gasteiger partial charge in [0.1, 0.15) is 11.3 Å². The van der Waals surface area contributed by atoms with Crippen LogP contribution in [-0.2, 0) is 4.74 Å². The highest BCUT2D eigenvalue weighted by Gasteiger charge is 2.23. The number of hydrogen-bond acceptors (Lipinski definition) is 5. The van der Waals surface area contributed by atoms with Gasteiger partial charge in [0, 0.05) is 43.1 Å². The summed E-state index contributed by atoms with van der Waals surface area (Å²) in [5, 5.41) is 6.87. The summed E-state index contributed by atoms with van der Waals surface area (Å²) in [4.78, 5) is 19.0. The number of amides is 2. The van der Waals surface area contributed by atoms with Crippen molar-refractivity contribution < 1.29 is 13.9 Å². The van der Waals surface area contributed by atoms with E-state index in [-0.39, 0.29) is 12.1 Å². The molecule has 2 amide bonds. The maximum Gasteiger partial charge on any atom is 0.319 e. The minimum atomic E-state index is -0.235. The summed E-state index contributed by atoms with van der Waals surface area (Å²) in [6.07, 6.45) is 3.61. The number of fused-ring (bicyclic) bond motifs is 1. The molecule has 7 heteroatoms. The van der Waals surface area contributed by atoms with Crippen LogP contribution in [0.5, 0.6) is 0 Å². The van der Waals surface area contributed by atoms with Gasteiger partial charge in [-0.25, -0.2) is 4.79 Å². The third-order valence-electron chi connectivity index (χ3n) is 4.91. The molecule has 28 heavy (non-hydrogen) atoms. The van der Waals surface area contributed by atoms with Crippen LogP contribution in [0.15, 0.2) is 53.2 Å². The van der Waals surface area contributed by atoms with Crippen LogP contribution in [0.2, 0.25) is 0 Å². The van der Waals surface area contributed by atoms with Crippen molar-refractivity contribution in [3.05, 3.63) is 60.1 Å². The molecule has 2 aromatic heterocycles. The summed E-state index contributed by atoms with van der Waals surface area (Å²) in [5.41, 5.74) is 2.63. The molecule has 0 spiro atoms. The number of morpholine rings is 1.